The van der Waals surface area contributed by atoms with E-state index in [-0.39, 0.29) is 17.3 Å². The molecule has 0 fully saturated rings. The second-order valence-corrected chi connectivity index (χ2v) is 8.53. The van der Waals surface area contributed by atoms with Crippen molar-refractivity contribution >= 4 is 40.9 Å². The number of hydrogen-bond acceptors (Lipinski definition) is 5. The van der Waals surface area contributed by atoms with Crippen molar-refractivity contribution in [3.05, 3.63) is 70.5 Å². The lowest BCUT2D eigenvalue weighted by molar-refractivity contribution is -0.137. The van der Waals surface area contributed by atoms with Gasteiger partial charge in [-0.3, -0.25) is 9.59 Å². The van der Waals surface area contributed by atoms with Gasteiger partial charge in [-0.1, -0.05) is 41.6 Å². The summed E-state index contributed by atoms with van der Waals surface area (Å²) in [6, 6.07) is 10.6. The summed E-state index contributed by atoms with van der Waals surface area (Å²) in [6.07, 6.45) is -4.50. The summed E-state index contributed by atoms with van der Waals surface area (Å²) in [4.78, 5) is 24.8. The number of hydrogen-bond donors (Lipinski definition) is 2. The van der Waals surface area contributed by atoms with Crippen LogP contribution >= 0.6 is 23.4 Å². The number of anilines is 1. The maximum absolute atomic E-state index is 12.9. The molecule has 0 aliphatic rings. The monoisotopic (exact) mass is 511 g/mol. The van der Waals surface area contributed by atoms with Gasteiger partial charge in [-0.05, 0) is 44.2 Å². The topological polar surface area (TPSA) is 88.9 Å². The molecule has 0 spiro atoms. The van der Waals surface area contributed by atoms with Crippen molar-refractivity contribution in [3.63, 3.8) is 0 Å². The summed E-state index contributed by atoms with van der Waals surface area (Å²) in [5.74, 6) is -0.451. The molecule has 0 saturated carbocycles. The molecule has 3 aromatic rings. The highest BCUT2D eigenvalue weighted by Gasteiger charge is 2.30. The highest BCUT2D eigenvalue weighted by Crippen LogP contribution is 2.30. The van der Waals surface area contributed by atoms with E-state index in [0.29, 0.717) is 28.1 Å². The molecule has 2 N–H and O–H groups in total. The Kier molecular flexibility index (Phi) is 8.21. The number of nitrogens with one attached hydrogen (secondary N) is 2. The van der Waals surface area contributed by atoms with E-state index in [4.69, 9.17) is 11.6 Å². The standard InChI is InChI=1S/C22H21ClF3N5O2S/c1-3-31-19(13(2)27-20(33)16-9-4-5-10-17(16)23)29-30-21(31)34-12-18(32)28-15-8-6-7-14(11-15)22(24,25)26/h4-11,13H,3,12H2,1-2H3,(H,27,33)(H,28,32)/t13-/m1/s1. The first-order chi connectivity index (χ1) is 16.1. The molecule has 34 heavy (non-hydrogen) atoms. The van der Waals surface area contributed by atoms with Crippen LogP contribution < -0.4 is 10.6 Å². The Bertz CT molecular complexity index is 1190. The summed E-state index contributed by atoms with van der Waals surface area (Å²) < 4.78 is 40.3. The number of rotatable bonds is 8. The molecule has 2 amide bonds. The molecule has 1 aromatic heterocycles. The summed E-state index contributed by atoms with van der Waals surface area (Å²) in [5.41, 5.74) is -0.463. The van der Waals surface area contributed by atoms with Gasteiger partial charge in [-0.2, -0.15) is 13.2 Å². The lowest BCUT2D eigenvalue weighted by Crippen LogP contribution is -2.29. The molecule has 7 nitrogen and oxygen atoms in total. The number of carbonyl (C=O) groups is 2. The molecule has 0 saturated heterocycles. The van der Waals surface area contributed by atoms with Crippen LogP contribution in [0, 0.1) is 0 Å². The van der Waals surface area contributed by atoms with E-state index in [9.17, 15) is 22.8 Å². The minimum absolute atomic E-state index is 0.0500. The van der Waals surface area contributed by atoms with E-state index in [1.165, 1.54) is 12.1 Å². The Labute approximate surface area is 203 Å². The molecule has 0 aliphatic carbocycles. The molecule has 0 bridgehead atoms. The Balaban J connectivity index is 1.63. The fourth-order valence-corrected chi connectivity index (χ4v) is 4.14. The highest BCUT2D eigenvalue weighted by atomic mass is 35.5. The Morgan fingerprint density at radius 2 is 1.88 bits per heavy atom. The van der Waals surface area contributed by atoms with Gasteiger partial charge in [0.1, 0.15) is 0 Å². The highest BCUT2D eigenvalue weighted by molar-refractivity contribution is 7.99. The van der Waals surface area contributed by atoms with E-state index < -0.39 is 23.7 Å². The van der Waals surface area contributed by atoms with Gasteiger partial charge in [0.2, 0.25) is 5.91 Å². The molecule has 1 heterocycles. The van der Waals surface area contributed by atoms with Crippen LogP contribution in [-0.2, 0) is 17.5 Å². The van der Waals surface area contributed by atoms with E-state index in [0.717, 1.165) is 23.9 Å². The van der Waals surface area contributed by atoms with Crippen molar-refractivity contribution in [3.8, 4) is 0 Å². The van der Waals surface area contributed by atoms with E-state index in [1.807, 2.05) is 6.92 Å². The van der Waals surface area contributed by atoms with Crippen LogP contribution in [0.4, 0.5) is 18.9 Å². The van der Waals surface area contributed by atoms with E-state index >= 15 is 0 Å². The summed E-state index contributed by atoms with van der Waals surface area (Å²) in [6.45, 7) is 4.09. The van der Waals surface area contributed by atoms with Crippen molar-refractivity contribution in [2.45, 2.75) is 37.8 Å². The molecule has 12 heteroatoms. The predicted octanol–water partition coefficient (Wildman–Crippen LogP) is 5.19. The molecule has 3 rings (SSSR count). The maximum atomic E-state index is 12.9. The first kappa shape index (κ1) is 25.6. The van der Waals surface area contributed by atoms with Crippen molar-refractivity contribution in [1.29, 1.82) is 0 Å². The zero-order chi connectivity index (χ0) is 24.9. The van der Waals surface area contributed by atoms with E-state index in [1.54, 1.807) is 35.8 Å². The normalized spacial score (nSPS) is 12.3. The predicted molar refractivity (Wildman–Crippen MR) is 124 cm³/mol. The van der Waals surface area contributed by atoms with Crippen LogP contribution in [0.5, 0.6) is 0 Å². The van der Waals surface area contributed by atoms with Gasteiger partial charge in [0.25, 0.3) is 5.91 Å². The number of halogens is 4. The minimum Gasteiger partial charge on any atom is -0.342 e. The van der Waals surface area contributed by atoms with Crippen molar-refractivity contribution in [2.75, 3.05) is 11.1 Å². The first-order valence-electron chi connectivity index (χ1n) is 10.2. The van der Waals surface area contributed by atoms with Crippen LogP contribution in [0.25, 0.3) is 0 Å². The van der Waals surface area contributed by atoms with Crippen LogP contribution in [0.15, 0.2) is 53.7 Å². The molecule has 2 aromatic carbocycles. The first-order valence-corrected chi connectivity index (χ1v) is 11.5. The van der Waals surface area contributed by atoms with E-state index in [2.05, 4.69) is 20.8 Å². The van der Waals surface area contributed by atoms with Gasteiger partial charge in [-0.15, -0.1) is 10.2 Å². The zero-order valence-corrected chi connectivity index (χ0v) is 19.8. The molecule has 0 radical (unpaired) electrons. The molecular formula is C22H21ClF3N5O2S. The number of aromatic nitrogens is 3. The van der Waals surface area contributed by atoms with Gasteiger partial charge in [0.15, 0.2) is 11.0 Å². The van der Waals surface area contributed by atoms with Crippen LogP contribution in [0.1, 0.15) is 41.6 Å². The molecule has 1 atom stereocenters. The summed E-state index contributed by atoms with van der Waals surface area (Å²) >= 11 is 7.17. The van der Waals surface area contributed by atoms with Gasteiger partial charge < -0.3 is 15.2 Å². The Hall–Kier alpha value is -3.05. The lowest BCUT2D eigenvalue weighted by atomic mass is 10.2. The summed E-state index contributed by atoms with van der Waals surface area (Å²) in [7, 11) is 0. The van der Waals surface area contributed by atoms with Gasteiger partial charge >= 0.3 is 6.18 Å². The quantitative estimate of drug-likeness (QED) is 0.406. The second-order valence-electron chi connectivity index (χ2n) is 7.18. The zero-order valence-electron chi connectivity index (χ0n) is 18.2. The number of nitrogens with zero attached hydrogens (tertiary/aromatic N) is 3. The third-order valence-corrected chi connectivity index (χ3v) is 6.02. The van der Waals surface area contributed by atoms with Crippen LogP contribution in [-0.4, -0.2) is 32.3 Å². The van der Waals surface area contributed by atoms with Gasteiger partial charge in [0, 0.05) is 12.2 Å². The van der Waals surface area contributed by atoms with Crippen molar-refractivity contribution in [1.82, 2.24) is 20.1 Å². The van der Waals surface area contributed by atoms with Gasteiger partial charge in [-0.25, -0.2) is 0 Å². The third-order valence-electron chi connectivity index (χ3n) is 4.72. The van der Waals surface area contributed by atoms with Crippen LogP contribution in [0.3, 0.4) is 0 Å². The molecule has 0 aliphatic heterocycles. The van der Waals surface area contributed by atoms with Crippen LogP contribution in [0.2, 0.25) is 5.02 Å². The average molecular weight is 512 g/mol. The number of thioether (sulfide) groups is 1. The maximum Gasteiger partial charge on any atom is 0.416 e. The fraction of sp³-hybridized carbons (Fsp3) is 0.273. The Morgan fingerprint density at radius 1 is 1.15 bits per heavy atom. The molecule has 0 unspecified atom stereocenters. The smallest absolute Gasteiger partial charge is 0.342 e. The molecular weight excluding hydrogens is 491 g/mol. The number of amides is 2. The molecule has 180 valence electrons. The number of benzene rings is 2. The fourth-order valence-electron chi connectivity index (χ4n) is 3.11. The number of alkyl halides is 3. The average Bonchev–Trinajstić information content (AvgIpc) is 3.20. The SMILES string of the molecule is CCn1c(SCC(=O)Nc2cccc(C(F)(F)F)c2)nnc1[C@@H](C)NC(=O)c1ccccc1Cl. The second kappa shape index (κ2) is 10.9. The Morgan fingerprint density at radius 3 is 2.56 bits per heavy atom. The minimum atomic E-state index is -4.50. The van der Waals surface area contributed by atoms with Gasteiger partial charge in [0.05, 0.1) is 27.9 Å². The largest absolute Gasteiger partial charge is 0.416 e. The summed E-state index contributed by atoms with van der Waals surface area (Å²) in [5, 5.41) is 14.3. The van der Waals surface area contributed by atoms with Crippen molar-refractivity contribution in [2.24, 2.45) is 0 Å². The third kappa shape index (κ3) is 6.29. The van der Waals surface area contributed by atoms with Crippen molar-refractivity contribution < 1.29 is 22.8 Å². The number of carbonyl (C=O) groups excluding carboxylic acids is 2. The lowest BCUT2D eigenvalue weighted by Gasteiger charge is -2.15.